The third kappa shape index (κ3) is 5.11. The number of hydrogen-bond donors (Lipinski definition) is 3. The van der Waals surface area contributed by atoms with Gasteiger partial charge in [0, 0.05) is 17.6 Å². The Labute approximate surface area is 167 Å². The first-order valence-corrected chi connectivity index (χ1v) is 10.7. The van der Waals surface area contributed by atoms with Crippen molar-refractivity contribution < 1.29 is 9.35 Å². The van der Waals surface area contributed by atoms with E-state index in [1.807, 2.05) is 31.2 Å². The molecule has 7 nitrogen and oxygen atoms in total. The first-order chi connectivity index (χ1) is 13.6. The van der Waals surface area contributed by atoms with Crippen molar-refractivity contribution in [3.8, 4) is 11.4 Å². The minimum atomic E-state index is -0.826. The Bertz CT molecular complexity index is 928. The molecule has 1 aromatic carbocycles. The number of pyridine rings is 1. The Morgan fingerprint density at radius 2 is 2.07 bits per heavy atom. The van der Waals surface area contributed by atoms with Crippen molar-refractivity contribution in [3.05, 3.63) is 59.9 Å². The van der Waals surface area contributed by atoms with Crippen LogP contribution in [0.5, 0.6) is 0 Å². The second-order valence-corrected chi connectivity index (χ2v) is 7.81. The fraction of sp³-hybridized carbons (Fsp3) is 0.250. The third-order valence-electron chi connectivity index (χ3n) is 4.20. The number of carbonyl (C=O) groups is 1. The van der Waals surface area contributed by atoms with E-state index in [0.717, 1.165) is 23.4 Å². The first kappa shape index (κ1) is 19.9. The quantitative estimate of drug-likeness (QED) is 0.507. The highest BCUT2D eigenvalue weighted by molar-refractivity contribution is 7.90. The summed E-state index contributed by atoms with van der Waals surface area (Å²) in [7, 11) is 0. The molecule has 0 fully saturated rings. The van der Waals surface area contributed by atoms with E-state index in [0.29, 0.717) is 29.4 Å². The number of rotatable bonds is 8. The molecule has 3 aromatic rings. The molecule has 0 saturated heterocycles. The van der Waals surface area contributed by atoms with Crippen LogP contribution in [0.15, 0.2) is 48.7 Å². The van der Waals surface area contributed by atoms with E-state index in [-0.39, 0.29) is 5.91 Å². The fourth-order valence-electron chi connectivity index (χ4n) is 2.75. The Kier molecular flexibility index (Phi) is 6.67. The largest absolute Gasteiger partial charge is 0.617 e. The number of aryl methyl sites for hydroxylation is 1. The average molecular weight is 398 g/mol. The van der Waals surface area contributed by atoms with Gasteiger partial charge in [-0.2, -0.15) is 5.10 Å². The topological polar surface area (TPSA) is 106 Å². The second-order valence-electron chi connectivity index (χ2n) is 6.25. The summed E-state index contributed by atoms with van der Waals surface area (Å²) in [4.78, 5) is 17.1. The molecular weight excluding hydrogens is 374 g/mol. The lowest BCUT2D eigenvalue weighted by atomic mass is 10.1. The Morgan fingerprint density at radius 1 is 1.21 bits per heavy atom. The number of hydrogen-bond acceptors (Lipinski definition) is 5. The maximum Gasteiger partial charge on any atom is 0.274 e. The molecule has 1 unspecified atom stereocenters. The minimum absolute atomic E-state index is 0.269. The van der Waals surface area contributed by atoms with E-state index in [9.17, 15) is 9.35 Å². The summed E-state index contributed by atoms with van der Waals surface area (Å²) in [5, 5.41) is 13.0. The predicted octanol–water partition coefficient (Wildman–Crippen LogP) is 3.08. The Hall–Kier alpha value is -2.84. The van der Waals surface area contributed by atoms with Gasteiger partial charge < -0.3 is 15.2 Å². The summed E-state index contributed by atoms with van der Waals surface area (Å²) >= 11 is -0.826. The summed E-state index contributed by atoms with van der Waals surface area (Å²) in [6.45, 7) is 2.67. The first-order valence-electron chi connectivity index (χ1n) is 9.02. The number of anilines is 2. The van der Waals surface area contributed by atoms with Crippen molar-refractivity contribution >= 4 is 28.5 Å². The third-order valence-corrected chi connectivity index (χ3v) is 4.98. The molecule has 146 valence electrons. The van der Waals surface area contributed by atoms with Gasteiger partial charge >= 0.3 is 0 Å². The van der Waals surface area contributed by atoms with Crippen LogP contribution in [0.25, 0.3) is 11.4 Å². The highest BCUT2D eigenvalue weighted by Crippen LogP contribution is 2.22. The molecule has 2 aromatic heterocycles. The number of nitrogens with one attached hydrogen (secondary N) is 3. The van der Waals surface area contributed by atoms with Gasteiger partial charge in [0.25, 0.3) is 5.91 Å². The van der Waals surface area contributed by atoms with Gasteiger partial charge in [0.1, 0.15) is 17.1 Å². The van der Waals surface area contributed by atoms with E-state index in [4.69, 9.17) is 0 Å². The van der Waals surface area contributed by atoms with Gasteiger partial charge in [0.2, 0.25) is 0 Å². The number of nitrogens with zero attached hydrogens (tertiary/aromatic N) is 2. The van der Waals surface area contributed by atoms with Crippen LogP contribution in [-0.4, -0.2) is 44.2 Å². The lowest BCUT2D eigenvalue weighted by Gasteiger charge is -2.13. The zero-order valence-corrected chi connectivity index (χ0v) is 16.7. The van der Waals surface area contributed by atoms with Crippen molar-refractivity contribution in [2.24, 2.45) is 0 Å². The van der Waals surface area contributed by atoms with E-state index >= 15 is 0 Å². The zero-order chi connectivity index (χ0) is 19.9. The molecule has 28 heavy (non-hydrogen) atoms. The van der Waals surface area contributed by atoms with E-state index in [1.54, 1.807) is 30.7 Å². The van der Waals surface area contributed by atoms with Gasteiger partial charge in [-0.3, -0.25) is 9.89 Å². The normalized spacial score (nSPS) is 11.8. The second kappa shape index (κ2) is 9.38. The van der Waals surface area contributed by atoms with Gasteiger partial charge in [0.15, 0.2) is 0 Å². The summed E-state index contributed by atoms with van der Waals surface area (Å²) in [6, 6.07) is 12.9. The van der Waals surface area contributed by atoms with Crippen molar-refractivity contribution in [3.63, 3.8) is 0 Å². The zero-order valence-electron chi connectivity index (χ0n) is 15.9. The number of benzene rings is 1. The number of H-pyrrole nitrogens is 1. The molecule has 0 aliphatic rings. The fourth-order valence-corrected chi connectivity index (χ4v) is 3.14. The van der Waals surface area contributed by atoms with Crippen LogP contribution < -0.4 is 10.6 Å². The molecule has 1 atom stereocenters. The molecule has 3 rings (SSSR count). The van der Waals surface area contributed by atoms with Crippen LogP contribution >= 0.6 is 0 Å². The van der Waals surface area contributed by atoms with Crippen LogP contribution in [-0.2, 0) is 17.6 Å². The van der Waals surface area contributed by atoms with Gasteiger partial charge in [0.05, 0.1) is 18.5 Å². The highest BCUT2D eigenvalue weighted by Gasteiger charge is 2.12. The molecule has 0 bridgehead atoms. The highest BCUT2D eigenvalue weighted by atomic mass is 32.2. The predicted molar refractivity (Wildman–Crippen MR) is 113 cm³/mol. The minimum Gasteiger partial charge on any atom is -0.617 e. The summed E-state index contributed by atoms with van der Waals surface area (Å²) in [6.07, 6.45) is 4.17. The van der Waals surface area contributed by atoms with Crippen LogP contribution in [0.3, 0.4) is 0 Å². The molecule has 0 radical (unpaired) electrons. The SMILES string of the molecule is CCc1cc(NCC[S+](C)[O-])ccc1NC(=O)c1cccc(-c2cc[nH]n2)n1. The molecule has 2 heterocycles. The monoisotopic (exact) mass is 397 g/mol. The number of aromatic nitrogens is 3. The molecule has 0 spiro atoms. The van der Waals surface area contributed by atoms with Gasteiger partial charge in [-0.25, -0.2) is 4.98 Å². The van der Waals surface area contributed by atoms with E-state index in [2.05, 4.69) is 25.8 Å². The molecule has 8 heteroatoms. The summed E-state index contributed by atoms with van der Waals surface area (Å²) in [5.74, 6) is 0.326. The average Bonchev–Trinajstić information content (AvgIpc) is 3.23. The van der Waals surface area contributed by atoms with Crippen LogP contribution in [0.4, 0.5) is 11.4 Å². The van der Waals surface area contributed by atoms with Crippen molar-refractivity contribution in [1.29, 1.82) is 0 Å². The standard InChI is InChI=1S/C20H23N5O2S/c1-3-14-13-15(21-11-12-28(2)27)7-8-16(14)24-20(26)19-6-4-5-17(23-19)18-9-10-22-25-18/h4-10,13,21H,3,11-12H2,1-2H3,(H,22,25)(H,24,26). The lowest BCUT2D eigenvalue weighted by Crippen LogP contribution is -2.16. The van der Waals surface area contributed by atoms with E-state index < -0.39 is 11.2 Å². The van der Waals surface area contributed by atoms with Crippen LogP contribution in [0.2, 0.25) is 0 Å². The lowest BCUT2D eigenvalue weighted by molar-refractivity contribution is 0.102. The summed E-state index contributed by atoms with van der Waals surface area (Å²) < 4.78 is 11.2. The maximum atomic E-state index is 12.7. The van der Waals surface area contributed by atoms with Gasteiger partial charge in [-0.1, -0.05) is 24.2 Å². The smallest absolute Gasteiger partial charge is 0.274 e. The Morgan fingerprint density at radius 3 is 2.79 bits per heavy atom. The van der Waals surface area contributed by atoms with Crippen molar-refractivity contribution in [1.82, 2.24) is 15.2 Å². The number of carbonyl (C=O) groups excluding carboxylic acids is 1. The van der Waals surface area contributed by atoms with Crippen molar-refractivity contribution in [2.45, 2.75) is 13.3 Å². The Balaban J connectivity index is 1.72. The van der Waals surface area contributed by atoms with Crippen LogP contribution in [0.1, 0.15) is 23.0 Å². The maximum absolute atomic E-state index is 12.7. The molecular formula is C20H23N5O2S. The molecule has 3 N–H and O–H groups in total. The molecule has 0 aliphatic heterocycles. The number of amides is 1. The number of aromatic amines is 1. The van der Waals surface area contributed by atoms with Gasteiger partial charge in [-0.15, -0.1) is 0 Å². The van der Waals surface area contributed by atoms with Crippen molar-refractivity contribution in [2.75, 3.05) is 29.2 Å². The van der Waals surface area contributed by atoms with Gasteiger partial charge in [-0.05, 0) is 48.4 Å². The van der Waals surface area contributed by atoms with Crippen LogP contribution in [0, 0.1) is 0 Å². The molecule has 0 saturated carbocycles. The molecule has 0 aliphatic carbocycles. The summed E-state index contributed by atoms with van der Waals surface area (Å²) in [5.41, 5.74) is 4.36. The molecule has 1 amide bonds. The van der Waals surface area contributed by atoms with E-state index in [1.165, 1.54) is 0 Å².